The fourth-order valence-corrected chi connectivity index (χ4v) is 7.78. The minimum absolute atomic E-state index is 0.0843. The third kappa shape index (κ3) is 5.02. The summed E-state index contributed by atoms with van der Waals surface area (Å²) < 4.78 is 6.58. The predicted molar refractivity (Wildman–Crippen MR) is 112 cm³/mol. The van der Waals surface area contributed by atoms with E-state index in [9.17, 15) is 4.79 Å². The predicted octanol–water partition coefficient (Wildman–Crippen LogP) is 4.92. The Morgan fingerprint density at radius 2 is 1.72 bits per heavy atom. The largest absolute Gasteiger partial charge is 0.414 e. The fraction of sp³-hybridized carbons (Fsp3) is 0.571. The van der Waals surface area contributed by atoms with Crippen molar-refractivity contribution in [3.8, 4) is 0 Å². The monoisotopic (exact) mass is 374 g/mol. The lowest BCUT2D eigenvalue weighted by atomic mass is 9.87. The van der Waals surface area contributed by atoms with E-state index >= 15 is 0 Å². The van der Waals surface area contributed by atoms with Gasteiger partial charge in [0.05, 0.1) is 6.10 Å². The molecule has 0 aromatic heterocycles. The van der Waals surface area contributed by atoms with Gasteiger partial charge in [-0.15, -0.1) is 0 Å². The lowest BCUT2D eigenvalue weighted by molar-refractivity contribution is -0.109. The van der Waals surface area contributed by atoms with Gasteiger partial charge in [0.15, 0.2) is 8.32 Å². The Bertz CT molecular complexity index is 627. The van der Waals surface area contributed by atoms with Crippen LogP contribution < -0.4 is 5.19 Å². The van der Waals surface area contributed by atoms with E-state index in [0.29, 0.717) is 6.42 Å². The lowest BCUT2D eigenvalue weighted by Gasteiger charge is -2.35. The molecule has 25 heavy (non-hydrogen) atoms. The summed E-state index contributed by atoms with van der Waals surface area (Å²) in [6.07, 6.45) is 2.83. The molecule has 1 aromatic carbocycles. The second-order valence-corrected chi connectivity index (χ2v) is 18.4. The molecular formula is C21H34O2Si2. The highest BCUT2D eigenvalue weighted by Crippen LogP contribution is 2.49. The van der Waals surface area contributed by atoms with E-state index in [1.165, 1.54) is 10.8 Å². The van der Waals surface area contributed by atoms with E-state index in [1.54, 1.807) is 0 Å². The third-order valence-electron chi connectivity index (χ3n) is 5.17. The van der Waals surface area contributed by atoms with Crippen molar-refractivity contribution in [2.75, 3.05) is 0 Å². The van der Waals surface area contributed by atoms with Crippen LogP contribution >= 0.6 is 0 Å². The van der Waals surface area contributed by atoms with E-state index in [2.05, 4.69) is 82.6 Å². The van der Waals surface area contributed by atoms with Gasteiger partial charge in [-0.05, 0) is 31.5 Å². The summed E-state index contributed by atoms with van der Waals surface area (Å²) in [5.74, 6) is 0.231. The first kappa shape index (κ1) is 20.3. The van der Waals surface area contributed by atoms with Crippen molar-refractivity contribution in [1.29, 1.82) is 0 Å². The van der Waals surface area contributed by atoms with Crippen LogP contribution in [0, 0.1) is 11.3 Å². The van der Waals surface area contributed by atoms with Gasteiger partial charge < -0.3 is 9.22 Å². The third-order valence-corrected chi connectivity index (χ3v) is 9.04. The van der Waals surface area contributed by atoms with Gasteiger partial charge in [-0.3, -0.25) is 0 Å². The van der Waals surface area contributed by atoms with Gasteiger partial charge in [0.25, 0.3) is 0 Å². The molecule has 1 aromatic rings. The average molecular weight is 375 g/mol. The molecule has 1 fully saturated rings. The number of hydrogen-bond acceptors (Lipinski definition) is 2. The van der Waals surface area contributed by atoms with Gasteiger partial charge >= 0.3 is 0 Å². The van der Waals surface area contributed by atoms with Crippen LogP contribution in [0.2, 0.25) is 32.7 Å². The highest BCUT2D eigenvalue weighted by Gasteiger charge is 2.47. The number of benzene rings is 1. The van der Waals surface area contributed by atoms with Gasteiger partial charge in [-0.25, -0.2) is 0 Å². The van der Waals surface area contributed by atoms with Crippen LogP contribution in [-0.4, -0.2) is 28.8 Å². The number of hydrogen-bond donors (Lipinski definition) is 0. The molecule has 2 rings (SSSR count). The molecule has 1 aliphatic rings. The Labute approximate surface area is 155 Å². The van der Waals surface area contributed by atoms with Crippen molar-refractivity contribution >= 4 is 27.9 Å². The van der Waals surface area contributed by atoms with Crippen molar-refractivity contribution in [2.24, 2.45) is 11.3 Å². The summed E-state index contributed by atoms with van der Waals surface area (Å²) in [6.45, 7) is 16.1. The van der Waals surface area contributed by atoms with Gasteiger partial charge in [0.1, 0.15) is 14.4 Å². The van der Waals surface area contributed by atoms with E-state index in [4.69, 9.17) is 4.43 Å². The highest BCUT2D eigenvalue weighted by atomic mass is 28.4. The maximum absolute atomic E-state index is 11.4. The second-order valence-electron chi connectivity index (χ2n) is 9.63. The van der Waals surface area contributed by atoms with Gasteiger partial charge in [-0.1, -0.05) is 73.7 Å². The van der Waals surface area contributed by atoms with Crippen molar-refractivity contribution in [3.63, 3.8) is 0 Å². The first-order valence-corrected chi connectivity index (χ1v) is 15.8. The lowest BCUT2D eigenvalue weighted by Crippen LogP contribution is -2.41. The standard InChI is InChI=1S/C21H34O2Si2/c1-21(2)15-17(16-25(6,7)18-11-9-8-10-12-18)19(13-14-22)20(21)23-24(3,4)5/h8-12,14,16,19-20H,13,15H2,1-7H3/b17-16-. The maximum atomic E-state index is 11.4. The minimum atomic E-state index is -1.69. The molecular weight excluding hydrogens is 340 g/mol. The summed E-state index contributed by atoms with van der Waals surface area (Å²) in [6, 6.07) is 10.8. The molecule has 0 aliphatic heterocycles. The van der Waals surface area contributed by atoms with Crippen LogP contribution in [0.5, 0.6) is 0 Å². The van der Waals surface area contributed by atoms with Crippen molar-refractivity contribution in [1.82, 2.24) is 0 Å². The Morgan fingerprint density at radius 1 is 1.12 bits per heavy atom. The van der Waals surface area contributed by atoms with Crippen LogP contribution in [0.15, 0.2) is 41.6 Å². The molecule has 0 radical (unpaired) electrons. The van der Waals surface area contributed by atoms with Crippen molar-refractivity contribution in [3.05, 3.63) is 41.6 Å². The highest BCUT2D eigenvalue weighted by molar-refractivity contribution is 6.94. The molecule has 138 valence electrons. The molecule has 2 atom stereocenters. The summed E-state index contributed by atoms with van der Waals surface area (Å²) in [7, 11) is -3.35. The van der Waals surface area contributed by atoms with Crippen molar-refractivity contribution in [2.45, 2.75) is 65.5 Å². The second kappa shape index (κ2) is 7.33. The first-order valence-electron chi connectivity index (χ1n) is 9.35. The smallest absolute Gasteiger partial charge is 0.184 e. The zero-order valence-electron chi connectivity index (χ0n) is 16.9. The zero-order valence-corrected chi connectivity index (χ0v) is 18.9. The van der Waals surface area contributed by atoms with Crippen LogP contribution in [0.1, 0.15) is 26.7 Å². The Balaban J connectivity index is 2.40. The molecule has 2 nitrogen and oxygen atoms in total. The molecule has 2 unspecified atom stereocenters. The summed E-state index contributed by atoms with van der Waals surface area (Å²) in [4.78, 5) is 11.4. The summed E-state index contributed by atoms with van der Waals surface area (Å²) in [5.41, 5.74) is 4.06. The van der Waals surface area contributed by atoms with Crippen LogP contribution in [-0.2, 0) is 9.22 Å². The SMILES string of the molecule is CC1(C)C/C(=C/[Si](C)(C)c2ccccc2)C(CC=O)C1O[Si](C)(C)C. The minimum Gasteiger partial charge on any atom is -0.414 e. The molecule has 1 aliphatic carbocycles. The van der Waals surface area contributed by atoms with E-state index in [-0.39, 0.29) is 17.4 Å². The zero-order chi connectivity index (χ0) is 18.9. The summed E-state index contributed by atoms with van der Waals surface area (Å²) in [5, 5.41) is 1.44. The Kier molecular flexibility index (Phi) is 5.97. The topological polar surface area (TPSA) is 26.3 Å². The summed E-state index contributed by atoms with van der Waals surface area (Å²) >= 11 is 0. The average Bonchev–Trinajstić information content (AvgIpc) is 2.70. The van der Waals surface area contributed by atoms with Gasteiger partial charge in [0, 0.05) is 12.3 Å². The fourth-order valence-electron chi connectivity index (χ4n) is 4.07. The van der Waals surface area contributed by atoms with Crippen LogP contribution in [0.25, 0.3) is 0 Å². The van der Waals surface area contributed by atoms with E-state index in [0.717, 1.165) is 12.7 Å². The van der Waals surface area contributed by atoms with Crippen LogP contribution in [0.3, 0.4) is 0 Å². The molecule has 4 heteroatoms. The van der Waals surface area contributed by atoms with Gasteiger partial charge in [0.2, 0.25) is 0 Å². The number of carbonyl (C=O) groups excluding carboxylic acids is 1. The molecule has 0 amide bonds. The normalized spacial score (nSPS) is 25.3. The maximum Gasteiger partial charge on any atom is 0.184 e. The Hall–Kier alpha value is -0.976. The molecule has 0 spiro atoms. The quantitative estimate of drug-likeness (QED) is 0.522. The van der Waals surface area contributed by atoms with E-state index in [1.807, 2.05) is 0 Å². The van der Waals surface area contributed by atoms with E-state index < -0.39 is 16.4 Å². The molecule has 0 bridgehead atoms. The van der Waals surface area contributed by atoms with Gasteiger partial charge in [-0.2, -0.15) is 0 Å². The van der Waals surface area contributed by atoms with Crippen LogP contribution in [0.4, 0.5) is 0 Å². The Morgan fingerprint density at radius 3 is 2.24 bits per heavy atom. The number of aldehydes is 1. The number of carbonyl (C=O) groups is 1. The number of rotatable bonds is 6. The van der Waals surface area contributed by atoms with Crippen molar-refractivity contribution < 1.29 is 9.22 Å². The molecule has 1 saturated carbocycles. The molecule has 0 N–H and O–H groups in total. The molecule has 0 heterocycles. The molecule has 0 saturated heterocycles. The first-order chi connectivity index (χ1) is 11.5.